The second-order valence-corrected chi connectivity index (χ2v) is 4.41. The fourth-order valence-electron chi connectivity index (χ4n) is 1.84. The highest BCUT2D eigenvalue weighted by Gasteiger charge is 2.37. The Morgan fingerprint density at radius 2 is 2.27 bits per heavy atom. The van der Waals surface area contributed by atoms with Crippen molar-refractivity contribution >= 4 is 11.9 Å². The van der Waals surface area contributed by atoms with Gasteiger partial charge in [-0.1, -0.05) is 13.8 Å². The molecule has 1 heterocycles. The van der Waals surface area contributed by atoms with Crippen LogP contribution in [-0.2, 0) is 9.59 Å². The topological polar surface area (TPSA) is 83.6 Å². The molecule has 1 rings (SSSR count). The number of hydrogen-bond acceptors (Lipinski definition) is 3. The molecule has 3 N–H and O–H groups in total. The second kappa shape index (κ2) is 4.61. The summed E-state index contributed by atoms with van der Waals surface area (Å²) < 4.78 is 0. The van der Waals surface area contributed by atoms with Gasteiger partial charge < -0.3 is 15.7 Å². The highest BCUT2D eigenvalue weighted by Crippen LogP contribution is 2.18. The van der Waals surface area contributed by atoms with Crippen molar-refractivity contribution < 1.29 is 14.7 Å². The molecule has 1 saturated heterocycles. The molecule has 0 aromatic heterocycles. The molecule has 15 heavy (non-hydrogen) atoms. The summed E-state index contributed by atoms with van der Waals surface area (Å²) in [5.41, 5.74) is 5.55. The van der Waals surface area contributed by atoms with E-state index in [0.717, 1.165) is 0 Å². The zero-order valence-corrected chi connectivity index (χ0v) is 9.14. The van der Waals surface area contributed by atoms with Crippen LogP contribution in [0.1, 0.15) is 26.7 Å². The second-order valence-electron chi connectivity index (χ2n) is 4.41. The maximum atomic E-state index is 11.6. The summed E-state index contributed by atoms with van der Waals surface area (Å²) in [6.45, 7) is 4.34. The van der Waals surface area contributed by atoms with Crippen molar-refractivity contribution in [2.24, 2.45) is 11.7 Å². The highest BCUT2D eigenvalue weighted by atomic mass is 16.4. The summed E-state index contributed by atoms with van der Waals surface area (Å²) in [7, 11) is 0. The van der Waals surface area contributed by atoms with Crippen molar-refractivity contribution in [2.75, 3.05) is 6.54 Å². The molecule has 1 aliphatic rings. The van der Waals surface area contributed by atoms with Gasteiger partial charge in [0.2, 0.25) is 5.91 Å². The number of nitrogens with zero attached hydrogens (tertiary/aromatic N) is 1. The van der Waals surface area contributed by atoms with E-state index in [1.807, 2.05) is 13.8 Å². The molecule has 5 heteroatoms. The Kier molecular flexibility index (Phi) is 3.68. The molecule has 0 saturated carbocycles. The molecular weight excluding hydrogens is 196 g/mol. The molecule has 1 fully saturated rings. The number of carboxylic acid groups (broad SMARTS) is 1. The molecule has 0 aromatic carbocycles. The molecule has 0 bridgehead atoms. The molecular formula is C10H18N2O3. The molecule has 0 spiro atoms. The van der Waals surface area contributed by atoms with Gasteiger partial charge in [-0.2, -0.15) is 0 Å². The minimum atomic E-state index is -0.939. The molecule has 0 aliphatic carbocycles. The van der Waals surface area contributed by atoms with Crippen LogP contribution >= 0.6 is 0 Å². The third kappa shape index (κ3) is 2.68. The van der Waals surface area contributed by atoms with Crippen LogP contribution in [0, 0.1) is 5.92 Å². The molecule has 0 unspecified atom stereocenters. The Morgan fingerprint density at radius 1 is 1.67 bits per heavy atom. The van der Waals surface area contributed by atoms with Crippen LogP contribution in [0.2, 0.25) is 0 Å². The molecule has 5 nitrogen and oxygen atoms in total. The summed E-state index contributed by atoms with van der Waals surface area (Å²) in [4.78, 5) is 24.0. The summed E-state index contributed by atoms with van der Waals surface area (Å²) >= 11 is 0. The predicted octanol–water partition coefficient (Wildman–Crippen LogP) is 0.0453. The zero-order chi connectivity index (χ0) is 11.6. The van der Waals surface area contributed by atoms with Gasteiger partial charge in [-0.25, -0.2) is 4.79 Å². The van der Waals surface area contributed by atoms with Crippen LogP contribution in [0.25, 0.3) is 0 Å². The first-order valence-corrected chi connectivity index (χ1v) is 5.22. The molecule has 1 aliphatic heterocycles. The number of aliphatic carboxylic acids is 1. The van der Waals surface area contributed by atoms with Crippen molar-refractivity contribution in [3.8, 4) is 0 Å². The Bertz CT molecular complexity index is 265. The predicted molar refractivity (Wildman–Crippen MR) is 55.2 cm³/mol. The van der Waals surface area contributed by atoms with Gasteiger partial charge >= 0.3 is 5.97 Å². The number of amides is 1. The van der Waals surface area contributed by atoms with Crippen molar-refractivity contribution in [2.45, 2.75) is 38.8 Å². The molecule has 0 radical (unpaired) electrons. The number of likely N-dealkylation sites (tertiary alicyclic amines) is 1. The van der Waals surface area contributed by atoms with E-state index in [2.05, 4.69) is 0 Å². The van der Waals surface area contributed by atoms with Gasteiger partial charge in [0.1, 0.15) is 6.04 Å². The van der Waals surface area contributed by atoms with Crippen molar-refractivity contribution in [3.63, 3.8) is 0 Å². The lowest BCUT2D eigenvalue weighted by Crippen LogP contribution is -2.45. The average Bonchev–Trinajstić information content (AvgIpc) is 2.44. The van der Waals surface area contributed by atoms with Crippen LogP contribution in [0.5, 0.6) is 0 Å². The monoisotopic (exact) mass is 214 g/mol. The van der Waals surface area contributed by atoms with Crippen LogP contribution in [0.15, 0.2) is 0 Å². The Hall–Kier alpha value is -1.10. The van der Waals surface area contributed by atoms with E-state index in [4.69, 9.17) is 10.8 Å². The number of rotatable bonds is 4. The quantitative estimate of drug-likeness (QED) is 0.692. The Labute approximate surface area is 89.2 Å². The largest absolute Gasteiger partial charge is 0.480 e. The van der Waals surface area contributed by atoms with Gasteiger partial charge in [0, 0.05) is 6.54 Å². The standard InChI is InChI=1S/C10H18N2O3/c1-6(2)5-8(10(14)15)12-4-3-7(11)9(12)13/h6-8H,3-5,11H2,1-2H3,(H,14,15)/t7-,8-/m0/s1. The van der Waals surface area contributed by atoms with E-state index in [9.17, 15) is 9.59 Å². The van der Waals surface area contributed by atoms with Crippen LogP contribution in [0.4, 0.5) is 0 Å². The van der Waals surface area contributed by atoms with E-state index in [-0.39, 0.29) is 11.8 Å². The van der Waals surface area contributed by atoms with Crippen LogP contribution in [0.3, 0.4) is 0 Å². The summed E-state index contributed by atoms with van der Waals surface area (Å²) in [6.07, 6.45) is 1.04. The lowest BCUT2D eigenvalue weighted by molar-refractivity contribution is -0.149. The van der Waals surface area contributed by atoms with Crippen molar-refractivity contribution in [3.05, 3.63) is 0 Å². The van der Waals surface area contributed by atoms with E-state index < -0.39 is 18.1 Å². The average molecular weight is 214 g/mol. The minimum Gasteiger partial charge on any atom is -0.480 e. The molecule has 86 valence electrons. The molecule has 1 amide bonds. The van der Waals surface area contributed by atoms with E-state index >= 15 is 0 Å². The first kappa shape index (κ1) is 12.0. The first-order valence-electron chi connectivity index (χ1n) is 5.22. The van der Waals surface area contributed by atoms with Gasteiger partial charge in [0.25, 0.3) is 0 Å². The maximum Gasteiger partial charge on any atom is 0.326 e. The maximum absolute atomic E-state index is 11.6. The van der Waals surface area contributed by atoms with Gasteiger partial charge in [0.05, 0.1) is 6.04 Å². The van der Waals surface area contributed by atoms with Crippen molar-refractivity contribution in [1.29, 1.82) is 0 Å². The number of hydrogen-bond donors (Lipinski definition) is 2. The molecule has 2 atom stereocenters. The highest BCUT2D eigenvalue weighted by molar-refractivity contribution is 5.88. The van der Waals surface area contributed by atoms with Crippen LogP contribution < -0.4 is 5.73 Å². The fourth-order valence-corrected chi connectivity index (χ4v) is 1.84. The van der Waals surface area contributed by atoms with Crippen LogP contribution in [-0.4, -0.2) is 40.5 Å². The SMILES string of the molecule is CC(C)C[C@@H](C(=O)O)N1CC[C@H](N)C1=O. The number of carboxylic acids is 1. The fraction of sp³-hybridized carbons (Fsp3) is 0.800. The van der Waals surface area contributed by atoms with Gasteiger partial charge in [-0.05, 0) is 18.8 Å². The Balaban J connectivity index is 2.72. The number of nitrogens with two attached hydrogens (primary N) is 1. The minimum absolute atomic E-state index is 0.233. The molecule has 0 aromatic rings. The number of carbonyl (C=O) groups excluding carboxylic acids is 1. The van der Waals surface area contributed by atoms with Gasteiger partial charge in [-0.15, -0.1) is 0 Å². The smallest absolute Gasteiger partial charge is 0.326 e. The van der Waals surface area contributed by atoms with E-state index in [1.165, 1.54) is 4.90 Å². The van der Waals surface area contributed by atoms with Gasteiger partial charge in [0.15, 0.2) is 0 Å². The van der Waals surface area contributed by atoms with Crippen molar-refractivity contribution in [1.82, 2.24) is 4.90 Å². The Morgan fingerprint density at radius 3 is 2.60 bits per heavy atom. The first-order chi connectivity index (χ1) is 6.93. The van der Waals surface area contributed by atoms with Gasteiger partial charge in [-0.3, -0.25) is 4.79 Å². The lowest BCUT2D eigenvalue weighted by Gasteiger charge is -2.25. The van der Waals surface area contributed by atoms with E-state index in [1.54, 1.807) is 0 Å². The summed E-state index contributed by atoms with van der Waals surface area (Å²) in [5.74, 6) is -0.926. The lowest BCUT2D eigenvalue weighted by atomic mass is 10.0. The van der Waals surface area contributed by atoms with E-state index in [0.29, 0.717) is 19.4 Å². The summed E-state index contributed by atoms with van der Waals surface area (Å²) in [5, 5.41) is 9.05. The zero-order valence-electron chi connectivity index (χ0n) is 9.14. The normalized spacial score (nSPS) is 23.6. The third-order valence-corrected chi connectivity index (χ3v) is 2.64. The third-order valence-electron chi connectivity index (χ3n) is 2.64. The number of carbonyl (C=O) groups is 2. The summed E-state index contributed by atoms with van der Waals surface area (Å²) in [6, 6.07) is -1.23.